The van der Waals surface area contributed by atoms with E-state index in [9.17, 15) is 9.59 Å². The SMILES string of the molecule is Cc1c(C(=O)OC(C(=O)c2ccccc2)n2cncn2)nnn1-c1ccccc1Cl. The molecule has 2 heterocycles. The van der Waals surface area contributed by atoms with Crippen molar-refractivity contribution >= 4 is 23.4 Å². The van der Waals surface area contributed by atoms with Gasteiger partial charge in [-0.3, -0.25) is 4.79 Å². The van der Waals surface area contributed by atoms with Gasteiger partial charge in [0, 0.05) is 5.56 Å². The Labute approximate surface area is 175 Å². The minimum absolute atomic E-state index is 0.0408. The summed E-state index contributed by atoms with van der Waals surface area (Å²) in [5, 5.41) is 12.3. The van der Waals surface area contributed by atoms with E-state index in [1.165, 1.54) is 22.0 Å². The van der Waals surface area contributed by atoms with Crippen LogP contribution in [0.5, 0.6) is 0 Å². The predicted octanol–water partition coefficient (Wildman–Crippen LogP) is 3.06. The minimum Gasteiger partial charge on any atom is -0.427 e. The summed E-state index contributed by atoms with van der Waals surface area (Å²) in [4.78, 5) is 29.6. The zero-order valence-corrected chi connectivity index (χ0v) is 16.5. The molecule has 10 heteroatoms. The highest BCUT2D eigenvalue weighted by molar-refractivity contribution is 6.32. The first kappa shape index (κ1) is 19.5. The molecule has 9 nitrogen and oxygen atoms in total. The largest absolute Gasteiger partial charge is 0.427 e. The van der Waals surface area contributed by atoms with E-state index in [-0.39, 0.29) is 5.69 Å². The number of carbonyl (C=O) groups excluding carboxylic acids is 2. The lowest BCUT2D eigenvalue weighted by Gasteiger charge is -2.16. The van der Waals surface area contributed by atoms with Crippen LogP contribution >= 0.6 is 11.6 Å². The third kappa shape index (κ3) is 3.70. The Morgan fingerprint density at radius 1 is 1.07 bits per heavy atom. The van der Waals surface area contributed by atoms with Crippen LogP contribution < -0.4 is 0 Å². The molecule has 4 aromatic rings. The molecule has 0 aliphatic carbocycles. The van der Waals surface area contributed by atoms with E-state index >= 15 is 0 Å². The smallest absolute Gasteiger partial charge is 0.363 e. The molecule has 2 aromatic heterocycles. The van der Waals surface area contributed by atoms with Crippen molar-refractivity contribution in [2.24, 2.45) is 0 Å². The van der Waals surface area contributed by atoms with Gasteiger partial charge in [0.2, 0.25) is 5.78 Å². The Balaban J connectivity index is 1.64. The maximum Gasteiger partial charge on any atom is 0.363 e. The monoisotopic (exact) mass is 422 g/mol. The van der Waals surface area contributed by atoms with Gasteiger partial charge in [0.15, 0.2) is 5.69 Å². The number of hydrogen-bond donors (Lipinski definition) is 0. The minimum atomic E-state index is -1.34. The summed E-state index contributed by atoms with van der Waals surface area (Å²) in [7, 11) is 0. The Hall–Kier alpha value is -3.85. The maximum atomic E-state index is 12.9. The van der Waals surface area contributed by atoms with Crippen LogP contribution in [0.1, 0.15) is 32.8 Å². The van der Waals surface area contributed by atoms with Crippen LogP contribution in [0.2, 0.25) is 5.02 Å². The molecule has 1 unspecified atom stereocenters. The summed E-state index contributed by atoms with van der Waals surface area (Å²) in [5.41, 5.74) is 1.30. The topological polar surface area (TPSA) is 105 Å². The third-order valence-electron chi connectivity index (χ3n) is 4.35. The Morgan fingerprint density at radius 3 is 2.50 bits per heavy atom. The first-order valence-corrected chi connectivity index (χ1v) is 9.25. The van der Waals surface area contributed by atoms with E-state index in [4.69, 9.17) is 16.3 Å². The van der Waals surface area contributed by atoms with E-state index in [0.717, 1.165) is 0 Å². The molecule has 0 bridgehead atoms. The fraction of sp³-hybridized carbons (Fsp3) is 0.100. The van der Waals surface area contributed by atoms with Crippen molar-refractivity contribution < 1.29 is 14.3 Å². The molecule has 1 atom stereocenters. The van der Waals surface area contributed by atoms with Crippen molar-refractivity contribution in [3.8, 4) is 5.69 Å². The molecule has 0 N–H and O–H groups in total. The van der Waals surface area contributed by atoms with Crippen molar-refractivity contribution in [3.63, 3.8) is 0 Å². The highest BCUT2D eigenvalue weighted by atomic mass is 35.5. The zero-order chi connectivity index (χ0) is 21.1. The molecule has 0 spiro atoms. The molecule has 150 valence electrons. The second kappa shape index (κ2) is 8.26. The lowest BCUT2D eigenvalue weighted by atomic mass is 10.1. The average Bonchev–Trinajstić information content (AvgIpc) is 3.43. The molecule has 0 amide bonds. The molecule has 30 heavy (non-hydrogen) atoms. The number of aromatic nitrogens is 6. The van der Waals surface area contributed by atoms with Crippen molar-refractivity contribution in [1.29, 1.82) is 0 Å². The number of ketones is 1. The van der Waals surface area contributed by atoms with Gasteiger partial charge in [-0.05, 0) is 19.1 Å². The van der Waals surface area contributed by atoms with Gasteiger partial charge in [0.25, 0.3) is 6.23 Å². The van der Waals surface area contributed by atoms with Gasteiger partial charge in [-0.2, -0.15) is 5.10 Å². The number of nitrogens with zero attached hydrogens (tertiary/aromatic N) is 6. The third-order valence-corrected chi connectivity index (χ3v) is 4.67. The second-order valence-electron chi connectivity index (χ2n) is 6.25. The fourth-order valence-corrected chi connectivity index (χ4v) is 3.05. The maximum absolute atomic E-state index is 12.9. The Bertz CT molecular complexity index is 1190. The van der Waals surface area contributed by atoms with E-state index < -0.39 is 18.0 Å². The number of para-hydroxylation sites is 1. The van der Waals surface area contributed by atoms with E-state index in [1.807, 2.05) is 0 Å². The van der Waals surface area contributed by atoms with Gasteiger partial charge >= 0.3 is 5.97 Å². The van der Waals surface area contributed by atoms with Gasteiger partial charge in [0.05, 0.1) is 16.4 Å². The average molecular weight is 423 g/mol. The van der Waals surface area contributed by atoms with Crippen LogP contribution in [0.4, 0.5) is 0 Å². The molecule has 2 aromatic carbocycles. The number of Topliss-reactive ketones (excluding diaryl/α,β-unsaturated/α-hetero) is 1. The molecular formula is C20H15ClN6O3. The van der Waals surface area contributed by atoms with Gasteiger partial charge in [-0.15, -0.1) is 5.10 Å². The lowest BCUT2D eigenvalue weighted by molar-refractivity contribution is 0.00738. The van der Waals surface area contributed by atoms with Crippen LogP contribution in [0.15, 0.2) is 67.3 Å². The number of halogens is 1. The van der Waals surface area contributed by atoms with Gasteiger partial charge in [-0.1, -0.05) is 59.3 Å². The fourth-order valence-electron chi connectivity index (χ4n) is 2.84. The van der Waals surface area contributed by atoms with E-state index in [0.29, 0.717) is 22.0 Å². The first-order valence-electron chi connectivity index (χ1n) is 8.88. The van der Waals surface area contributed by atoms with Crippen LogP contribution in [-0.2, 0) is 4.74 Å². The van der Waals surface area contributed by atoms with Crippen molar-refractivity contribution in [3.05, 3.63) is 89.2 Å². The van der Waals surface area contributed by atoms with E-state index in [1.54, 1.807) is 61.5 Å². The number of ether oxygens (including phenoxy) is 1. The van der Waals surface area contributed by atoms with E-state index in [2.05, 4.69) is 20.4 Å². The number of rotatable bonds is 6. The molecule has 0 aliphatic heterocycles. The highest BCUT2D eigenvalue weighted by Gasteiger charge is 2.30. The van der Waals surface area contributed by atoms with Crippen LogP contribution in [0.25, 0.3) is 5.69 Å². The first-order chi connectivity index (χ1) is 14.6. The quantitative estimate of drug-likeness (QED) is 0.347. The molecule has 0 aliphatic rings. The van der Waals surface area contributed by atoms with Gasteiger partial charge in [0.1, 0.15) is 12.7 Å². The van der Waals surface area contributed by atoms with Crippen molar-refractivity contribution in [2.75, 3.05) is 0 Å². The second-order valence-corrected chi connectivity index (χ2v) is 6.66. The lowest BCUT2D eigenvalue weighted by Crippen LogP contribution is -2.26. The van der Waals surface area contributed by atoms with Gasteiger partial charge < -0.3 is 4.74 Å². The predicted molar refractivity (Wildman–Crippen MR) is 106 cm³/mol. The Morgan fingerprint density at radius 2 is 1.80 bits per heavy atom. The Kier molecular flexibility index (Phi) is 5.36. The van der Waals surface area contributed by atoms with Crippen LogP contribution in [-0.4, -0.2) is 41.5 Å². The number of hydrogen-bond acceptors (Lipinski definition) is 7. The molecule has 0 saturated carbocycles. The number of benzene rings is 2. The summed E-state index contributed by atoms with van der Waals surface area (Å²) >= 11 is 6.21. The molecular weight excluding hydrogens is 408 g/mol. The molecule has 0 radical (unpaired) electrons. The summed E-state index contributed by atoms with van der Waals surface area (Å²) in [6.45, 7) is 1.66. The zero-order valence-electron chi connectivity index (χ0n) is 15.7. The molecule has 4 rings (SSSR count). The number of carbonyl (C=O) groups is 2. The van der Waals surface area contributed by atoms with Crippen LogP contribution in [0, 0.1) is 6.92 Å². The molecule has 0 fully saturated rings. The van der Waals surface area contributed by atoms with Crippen molar-refractivity contribution in [2.45, 2.75) is 13.2 Å². The highest BCUT2D eigenvalue weighted by Crippen LogP contribution is 2.23. The molecule has 0 saturated heterocycles. The number of esters is 1. The summed E-state index contributed by atoms with van der Waals surface area (Å²) < 4.78 is 8.08. The van der Waals surface area contributed by atoms with Crippen molar-refractivity contribution in [1.82, 2.24) is 29.8 Å². The van der Waals surface area contributed by atoms with Crippen LogP contribution in [0.3, 0.4) is 0 Å². The summed E-state index contributed by atoms with van der Waals surface area (Å²) in [5.74, 6) is -1.28. The standard InChI is InChI=1S/C20H15ClN6O3/c1-13-17(24-25-27(13)16-10-6-5-9-15(16)21)20(29)30-19(26-12-22-11-23-26)18(28)14-7-3-2-4-8-14/h2-12,19H,1H3. The normalized spacial score (nSPS) is 11.8. The summed E-state index contributed by atoms with van der Waals surface area (Å²) in [6.07, 6.45) is 1.21. The van der Waals surface area contributed by atoms with Gasteiger partial charge in [-0.25, -0.2) is 19.1 Å². The summed E-state index contributed by atoms with van der Waals surface area (Å²) in [6, 6.07) is 15.5.